The van der Waals surface area contributed by atoms with Crippen molar-refractivity contribution in [2.75, 3.05) is 27.7 Å². The number of hydrogen-bond acceptors (Lipinski definition) is 1. The smallest absolute Gasteiger partial charge is 0.115 e. The highest BCUT2D eigenvalue weighted by molar-refractivity contribution is 5.25. The maximum Gasteiger partial charge on any atom is 0.115 e. The number of aryl methyl sites for hydroxylation is 1. The fourth-order valence-corrected chi connectivity index (χ4v) is 1.42. The van der Waals surface area contributed by atoms with E-state index in [1.807, 2.05) is 12.1 Å². The van der Waals surface area contributed by atoms with Gasteiger partial charge in [-0.1, -0.05) is 12.1 Å². The molecule has 2 nitrogen and oxygen atoms in total. The number of phenols is 1. The fraction of sp³-hybridized carbons (Fsp3) is 0.500. The second-order valence-electron chi connectivity index (χ2n) is 4.78. The summed E-state index contributed by atoms with van der Waals surface area (Å²) in [5, 5.41) is 9.11. The average Bonchev–Trinajstić information content (AvgIpc) is 2.06. The Kier molecular flexibility index (Phi) is 6.20. The third-order valence-corrected chi connectivity index (χ3v) is 2.23. The summed E-state index contributed by atoms with van der Waals surface area (Å²) < 4.78 is 1.01. The maximum absolute atomic E-state index is 9.11. The van der Waals surface area contributed by atoms with Gasteiger partial charge in [-0.25, -0.2) is 0 Å². The van der Waals surface area contributed by atoms with Gasteiger partial charge in [0.05, 0.1) is 27.7 Å². The summed E-state index contributed by atoms with van der Waals surface area (Å²) in [6.07, 6.45) is 2.28. The Labute approximate surface area is 110 Å². The van der Waals surface area contributed by atoms with Gasteiger partial charge < -0.3 is 33.6 Å². The Morgan fingerprint density at radius 1 is 1.07 bits per heavy atom. The summed E-state index contributed by atoms with van der Waals surface area (Å²) in [6, 6.07) is 7.48. The molecule has 0 spiro atoms. The highest BCUT2D eigenvalue weighted by Crippen LogP contribution is 2.11. The van der Waals surface area contributed by atoms with E-state index in [2.05, 4.69) is 21.1 Å². The van der Waals surface area contributed by atoms with Gasteiger partial charge in [0.1, 0.15) is 5.75 Å². The first kappa shape index (κ1) is 14.7. The van der Waals surface area contributed by atoms with Crippen LogP contribution in [0.3, 0.4) is 0 Å². The summed E-state index contributed by atoms with van der Waals surface area (Å²) >= 11 is 0. The molecule has 0 aromatic heterocycles. The zero-order chi connectivity index (χ0) is 10.6. The SMILES string of the molecule is C[N+](C)(C)CCCc1ccc(O)cc1.[I-]. The first-order valence-electron chi connectivity index (χ1n) is 5.06. The van der Waals surface area contributed by atoms with Crippen LogP contribution in [-0.4, -0.2) is 37.3 Å². The summed E-state index contributed by atoms with van der Waals surface area (Å²) in [6.45, 7) is 1.18. The van der Waals surface area contributed by atoms with Gasteiger partial charge in [0.15, 0.2) is 0 Å². The molecule has 0 aliphatic carbocycles. The van der Waals surface area contributed by atoms with Crippen LogP contribution in [0, 0.1) is 0 Å². The van der Waals surface area contributed by atoms with Crippen molar-refractivity contribution in [2.24, 2.45) is 0 Å². The zero-order valence-electron chi connectivity index (χ0n) is 9.70. The number of aromatic hydroxyl groups is 1. The van der Waals surface area contributed by atoms with Gasteiger partial charge in [-0.15, -0.1) is 0 Å². The Hall–Kier alpha value is -0.290. The third kappa shape index (κ3) is 6.73. The predicted octanol–water partition coefficient (Wildman–Crippen LogP) is -0.965. The lowest BCUT2D eigenvalue weighted by molar-refractivity contribution is -0.870. The molecule has 0 bridgehead atoms. The molecule has 1 aromatic carbocycles. The minimum atomic E-state index is 0. The molecular formula is C12H20INO. The highest BCUT2D eigenvalue weighted by atomic mass is 127. The largest absolute Gasteiger partial charge is 1.00 e. The van der Waals surface area contributed by atoms with Crippen molar-refractivity contribution in [1.82, 2.24) is 0 Å². The van der Waals surface area contributed by atoms with Crippen LogP contribution < -0.4 is 24.0 Å². The molecule has 0 heterocycles. The number of hydrogen-bond donors (Lipinski definition) is 1. The van der Waals surface area contributed by atoms with Gasteiger partial charge in [0, 0.05) is 6.42 Å². The molecule has 15 heavy (non-hydrogen) atoms. The molecule has 0 radical (unpaired) electrons. The summed E-state index contributed by atoms with van der Waals surface area (Å²) in [5.41, 5.74) is 1.30. The van der Waals surface area contributed by atoms with Crippen LogP contribution in [0.25, 0.3) is 0 Å². The van der Waals surface area contributed by atoms with Crippen molar-refractivity contribution in [1.29, 1.82) is 0 Å². The number of halogens is 1. The molecule has 0 fully saturated rings. The molecule has 86 valence electrons. The lowest BCUT2D eigenvalue weighted by atomic mass is 10.1. The molecule has 0 saturated carbocycles. The number of nitrogens with zero attached hydrogens (tertiary/aromatic N) is 1. The quantitative estimate of drug-likeness (QED) is 0.559. The lowest BCUT2D eigenvalue weighted by Gasteiger charge is -2.23. The molecule has 0 aliphatic heterocycles. The maximum atomic E-state index is 9.11. The van der Waals surface area contributed by atoms with Gasteiger partial charge in [0.25, 0.3) is 0 Å². The Bertz CT molecular complexity index is 277. The Balaban J connectivity index is 0.00000196. The molecule has 1 N–H and O–H groups in total. The minimum absolute atomic E-state index is 0. The van der Waals surface area contributed by atoms with Crippen LogP contribution >= 0.6 is 0 Å². The number of rotatable bonds is 4. The van der Waals surface area contributed by atoms with E-state index in [9.17, 15) is 0 Å². The second kappa shape index (κ2) is 6.33. The van der Waals surface area contributed by atoms with E-state index < -0.39 is 0 Å². The number of benzene rings is 1. The molecule has 1 rings (SSSR count). The topological polar surface area (TPSA) is 20.2 Å². The van der Waals surface area contributed by atoms with Crippen molar-refractivity contribution in [3.63, 3.8) is 0 Å². The van der Waals surface area contributed by atoms with Crippen LogP contribution in [0.1, 0.15) is 12.0 Å². The van der Waals surface area contributed by atoms with E-state index in [0.29, 0.717) is 5.75 Å². The van der Waals surface area contributed by atoms with E-state index in [1.165, 1.54) is 18.5 Å². The van der Waals surface area contributed by atoms with Crippen molar-refractivity contribution in [2.45, 2.75) is 12.8 Å². The van der Waals surface area contributed by atoms with Crippen molar-refractivity contribution in [3.05, 3.63) is 29.8 Å². The first-order chi connectivity index (χ1) is 6.47. The average molecular weight is 321 g/mol. The molecule has 0 unspecified atom stereocenters. The number of quaternary nitrogens is 1. The second-order valence-corrected chi connectivity index (χ2v) is 4.78. The van der Waals surface area contributed by atoms with E-state index >= 15 is 0 Å². The van der Waals surface area contributed by atoms with Crippen LogP contribution in [0.2, 0.25) is 0 Å². The molecular weight excluding hydrogens is 301 g/mol. The molecule has 0 amide bonds. The minimum Gasteiger partial charge on any atom is -1.00 e. The van der Waals surface area contributed by atoms with Crippen molar-refractivity contribution >= 4 is 0 Å². The monoisotopic (exact) mass is 321 g/mol. The highest BCUT2D eigenvalue weighted by Gasteiger charge is 2.05. The standard InChI is InChI=1S/C12H19NO.HI/c1-13(2,3)10-4-5-11-6-8-12(14)9-7-11;/h6-9H,4-5,10H2,1-3H3;1H. The fourth-order valence-electron chi connectivity index (χ4n) is 1.42. The number of phenolic OH excluding ortho intramolecular Hbond substituents is 1. The summed E-state index contributed by atoms with van der Waals surface area (Å²) in [4.78, 5) is 0. The normalized spacial score (nSPS) is 10.9. The van der Waals surface area contributed by atoms with Gasteiger partial charge in [0.2, 0.25) is 0 Å². The molecule has 0 atom stereocenters. The van der Waals surface area contributed by atoms with Crippen LogP contribution in [0.5, 0.6) is 5.75 Å². The predicted molar refractivity (Wildman–Crippen MR) is 59.3 cm³/mol. The van der Waals surface area contributed by atoms with Crippen LogP contribution in [0.4, 0.5) is 0 Å². The van der Waals surface area contributed by atoms with E-state index in [4.69, 9.17) is 5.11 Å². The zero-order valence-corrected chi connectivity index (χ0v) is 11.9. The third-order valence-electron chi connectivity index (χ3n) is 2.23. The van der Waals surface area contributed by atoms with Crippen LogP contribution in [0.15, 0.2) is 24.3 Å². The van der Waals surface area contributed by atoms with E-state index in [0.717, 1.165) is 10.9 Å². The van der Waals surface area contributed by atoms with Crippen molar-refractivity contribution in [3.8, 4) is 5.75 Å². The van der Waals surface area contributed by atoms with Gasteiger partial charge in [-0.2, -0.15) is 0 Å². The molecule has 0 saturated heterocycles. The van der Waals surface area contributed by atoms with Crippen molar-refractivity contribution < 1.29 is 33.6 Å². The molecule has 0 aliphatic rings. The lowest BCUT2D eigenvalue weighted by Crippen LogP contribution is -3.00. The van der Waals surface area contributed by atoms with Gasteiger partial charge >= 0.3 is 0 Å². The Morgan fingerprint density at radius 2 is 1.60 bits per heavy atom. The summed E-state index contributed by atoms with van der Waals surface area (Å²) in [7, 11) is 6.62. The summed E-state index contributed by atoms with van der Waals surface area (Å²) in [5.74, 6) is 0.348. The molecule has 1 aromatic rings. The van der Waals surface area contributed by atoms with Gasteiger partial charge in [-0.3, -0.25) is 0 Å². The molecule has 3 heteroatoms. The van der Waals surface area contributed by atoms with E-state index in [1.54, 1.807) is 12.1 Å². The van der Waals surface area contributed by atoms with E-state index in [-0.39, 0.29) is 24.0 Å². The van der Waals surface area contributed by atoms with Crippen LogP contribution in [-0.2, 0) is 6.42 Å². The first-order valence-corrected chi connectivity index (χ1v) is 5.06. The Morgan fingerprint density at radius 3 is 2.07 bits per heavy atom. The van der Waals surface area contributed by atoms with Gasteiger partial charge in [-0.05, 0) is 24.1 Å².